The second kappa shape index (κ2) is 9.22. The van der Waals surface area contributed by atoms with Gasteiger partial charge in [0.15, 0.2) is 0 Å². The molecule has 4 heterocycles. The predicted octanol–water partition coefficient (Wildman–Crippen LogP) is 5.02. The fraction of sp³-hybridized carbons (Fsp3) is 0.370. The molecule has 0 spiro atoms. The van der Waals surface area contributed by atoms with E-state index in [9.17, 15) is 14.7 Å². The first-order chi connectivity index (χ1) is 16.8. The van der Waals surface area contributed by atoms with E-state index in [0.29, 0.717) is 16.6 Å². The lowest BCUT2D eigenvalue weighted by Crippen LogP contribution is -2.30. The SMILES string of the molecule is Cc1ccnc(C)c1Nc1c(-c2cn(C)c(=O)c3[nH]c(C(=O)NC(C)C)cc23)sc(C(C)(C)O)c1C. The van der Waals surface area contributed by atoms with E-state index in [4.69, 9.17) is 0 Å². The minimum Gasteiger partial charge on any atom is -0.385 e. The third-order valence-corrected chi connectivity index (χ3v) is 7.81. The number of aromatic amines is 1. The maximum atomic E-state index is 13.0. The number of nitrogens with one attached hydrogen (secondary N) is 3. The predicted molar refractivity (Wildman–Crippen MR) is 146 cm³/mol. The topological polar surface area (TPSA) is 112 Å². The number of nitrogens with zero attached hydrogens (tertiary/aromatic N) is 2. The third-order valence-electron chi connectivity index (χ3n) is 6.18. The van der Waals surface area contributed by atoms with Gasteiger partial charge in [-0.25, -0.2) is 0 Å². The number of fused-ring (bicyclic) bond motifs is 1. The first-order valence-corrected chi connectivity index (χ1v) is 12.7. The lowest BCUT2D eigenvalue weighted by molar-refractivity contribution is 0.0819. The summed E-state index contributed by atoms with van der Waals surface area (Å²) in [6.45, 7) is 13.3. The molecule has 0 aliphatic carbocycles. The molecule has 8 nitrogen and oxygen atoms in total. The molecule has 4 N–H and O–H groups in total. The van der Waals surface area contributed by atoms with Crippen LogP contribution in [0.3, 0.4) is 0 Å². The molecule has 0 saturated carbocycles. The first kappa shape index (κ1) is 25.7. The van der Waals surface area contributed by atoms with Crippen LogP contribution in [-0.2, 0) is 12.6 Å². The number of pyridine rings is 2. The lowest BCUT2D eigenvalue weighted by Gasteiger charge is -2.17. The maximum absolute atomic E-state index is 13.0. The Kier molecular flexibility index (Phi) is 6.57. The van der Waals surface area contributed by atoms with E-state index >= 15 is 0 Å². The van der Waals surface area contributed by atoms with Crippen molar-refractivity contribution in [2.24, 2.45) is 7.05 Å². The van der Waals surface area contributed by atoms with E-state index in [1.165, 1.54) is 15.9 Å². The summed E-state index contributed by atoms with van der Waals surface area (Å²) >= 11 is 1.47. The van der Waals surface area contributed by atoms with Crippen LogP contribution in [0.25, 0.3) is 21.3 Å². The second-order valence-electron chi connectivity index (χ2n) is 10.1. The van der Waals surface area contributed by atoms with Gasteiger partial charge in [-0.15, -0.1) is 11.3 Å². The zero-order valence-electron chi connectivity index (χ0n) is 22.0. The van der Waals surface area contributed by atoms with Gasteiger partial charge in [-0.3, -0.25) is 14.6 Å². The van der Waals surface area contributed by atoms with Crippen molar-refractivity contribution in [3.05, 3.63) is 62.3 Å². The van der Waals surface area contributed by atoms with Crippen LogP contribution in [0, 0.1) is 20.8 Å². The number of carbonyl (C=O) groups excluding carboxylic acids is 1. The van der Waals surface area contributed by atoms with Crippen LogP contribution in [0.2, 0.25) is 0 Å². The average molecular weight is 508 g/mol. The molecule has 0 radical (unpaired) electrons. The highest BCUT2D eigenvalue weighted by atomic mass is 32.1. The van der Waals surface area contributed by atoms with Crippen molar-refractivity contribution in [2.45, 2.75) is 60.1 Å². The number of aromatic nitrogens is 3. The smallest absolute Gasteiger partial charge is 0.274 e. The zero-order valence-corrected chi connectivity index (χ0v) is 22.8. The quantitative estimate of drug-likeness (QED) is 0.293. The molecule has 0 atom stereocenters. The molecule has 1 amide bonds. The number of carbonyl (C=O) groups is 1. The van der Waals surface area contributed by atoms with E-state index in [0.717, 1.165) is 43.5 Å². The number of aryl methyl sites for hydroxylation is 3. The summed E-state index contributed by atoms with van der Waals surface area (Å²) in [5, 5.41) is 18.1. The number of H-pyrrole nitrogens is 1. The Balaban J connectivity index is 2.01. The van der Waals surface area contributed by atoms with Crippen LogP contribution < -0.4 is 16.2 Å². The second-order valence-corrected chi connectivity index (χ2v) is 11.1. The van der Waals surface area contributed by atoms with Gasteiger partial charge in [0, 0.05) is 41.3 Å². The summed E-state index contributed by atoms with van der Waals surface area (Å²) in [7, 11) is 1.69. The van der Waals surface area contributed by atoms with Crippen molar-refractivity contribution in [3.63, 3.8) is 0 Å². The summed E-state index contributed by atoms with van der Waals surface area (Å²) in [5.74, 6) is -0.270. The van der Waals surface area contributed by atoms with Crippen LogP contribution in [0.5, 0.6) is 0 Å². The minimum atomic E-state index is -1.07. The van der Waals surface area contributed by atoms with Gasteiger partial charge in [-0.2, -0.15) is 0 Å². The van der Waals surface area contributed by atoms with Crippen molar-refractivity contribution >= 4 is 39.5 Å². The molecule has 0 bridgehead atoms. The van der Waals surface area contributed by atoms with Crippen LogP contribution in [-0.4, -0.2) is 31.6 Å². The van der Waals surface area contributed by atoms with Gasteiger partial charge < -0.3 is 25.3 Å². The van der Waals surface area contributed by atoms with E-state index < -0.39 is 5.60 Å². The molecule has 0 fully saturated rings. The van der Waals surface area contributed by atoms with Gasteiger partial charge in [-0.05, 0) is 71.7 Å². The van der Waals surface area contributed by atoms with Gasteiger partial charge in [0.1, 0.15) is 11.2 Å². The number of amides is 1. The Hall–Kier alpha value is -3.43. The Morgan fingerprint density at radius 1 is 1.22 bits per heavy atom. The highest BCUT2D eigenvalue weighted by molar-refractivity contribution is 7.16. The van der Waals surface area contributed by atoms with Gasteiger partial charge in [-0.1, -0.05) is 0 Å². The van der Waals surface area contributed by atoms with Crippen molar-refractivity contribution in [1.82, 2.24) is 19.9 Å². The monoisotopic (exact) mass is 507 g/mol. The van der Waals surface area contributed by atoms with E-state index in [1.54, 1.807) is 39.4 Å². The Bertz CT molecular complexity index is 1520. The van der Waals surface area contributed by atoms with Crippen LogP contribution in [0.1, 0.15) is 59.9 Å². The van der Waals surface area contributed by atoms with E-state index in [2.05, 4.69) is 20.6 Å². The van der Waals surface area contributed by atoms with Crippen LogP contribution >= 0.6 is 11.3 Å². The zero-order chi connectivity index (χ0) is 26.5. The highest BCUT2D eigenvalue weighted by Crippen LogP contribution is 2.47. The number of rotatable bonds is 6. The molecule has 0 aromatic carbocycles. The average Bonchev–Trinajstić information content (AvgIpc) is 3.35. The number of anilines is 2. The molecule has 0 unspecified atom stereocenters. The number of thiophene rings is 1. The lowest BCUT2D eigenvalue weighted by atomic mass is 10.0. The van der Waals surface area contributed by atoms with E-state index in [1.807, 2.05) is 40.7 Å². The van der Waals surface area contributed by atoms with Crippen molar-refractivity contribution in [1.29, 1.82) is 0 Å². The molecule has 4 rings (SSSR count). The van der Waals surface area contributed by atoms with Gasteiger partial charge in [0.25, 0.3) is 11.5 Å². The Labute approximate surface area is 214 Å². The molecule has 190 valence electrons. The van der Waals surface area contributed by atoms with Crippen LogP contribution in [0.4, 0.5) is 11.4 Å². The summed E-state index contributed by atoms with van der Waals surface area (Å²) in [4.78, 5) is 34.9. The molecule has 0 saturated heterocycles. The fourth-order valence-corrected chi connectivity index (χ4v) is 5.71. The maximum Gasteiger partial charge on any atom is 0.274 e. The molecule has 9 heteroatoms. The first-order valence-electron chi connectivity index (χ1n) is 11.9. The normalized spacial score (nSPS) is 11.9. The van der Waals surface area contributed by atoms with E-state index in [-0.39, 0.29) is 17.5 Å². The molecular weight excluding hydrogens is 474 g/mol. The summed E-state index contributed by atoms with van der Waals surface area (Å²) in [6.07, 6.45) is 3.57. The molecule has 36 heavy (non-hydrogen) atoms. The van der Waals surface area contributed by atoms with Crippen molar-refractivity contribution < 1.29 is 9.90 Å². The summed E-state index contributed by atoms with van der Waals surface area (Å²) < 4.78 is 1.52. The van der Waals surface area contributed by atoms with Crippen molar-refractivity contribution in [3.8, 4) is 10.4 Å². The summed E-state index contributed by atoms with van der Waals surface area (Å²) in [6, 6.07) is 3.64. The van der Waals surface area contributed by atoms with Crippen molar-refractivity contribution in [2.75, 3.05) is 5.32 Å². The van der Waals surface area contributed by atoms with Gasteiger partial charge >= 0.3 is 0 Å². The Morgan fingerprint density at radius 3 is 2.53 bits per heavy atom. The standard InChI is InChI=1S/C27H33N5O3S/c1-13(2)29-25(33)19-11-17-18(12-32(8)26(34)22(17)30-19)23-21(15(4)24(36-23)27(6,7)35)31-20-14(3)9-10-28-16(20)5/h9-13,30-31,35H,1-8H3,(H,29,33). The molecule has 4 aromatic rings. The van der Waals surface area contributed by atoms with Crippen LogP contribution in [0.15, 0.2) is 29.3 Å². The minimum absolute atomic E-state index is 0.0396. The molecular formula is C27H33N5O3S. The van der Waals surface area contributed by atoms with Gasteiger partial charge in [0.05, 0.1) is 27.5 Å². The highest BCUT2D eigenvalue weighted by Gasteiger charge is 2.28. The summed E-state index contributed by atoms with van der Waals surface area (Å²) in [5.41, 5.74) is 4.74. The number of hydrogen-bond acceptors (Lipinski definition) is 6. The molecule has 4 aromatic heterocycles. The largest absolute Gasteiger partial charge is 0.385 e. The molecule has 0 aliphatic heterocycles. The fourth-order valence-electron chi connectivity index (χ4n) is 4.42. The number of aliphatic hydroxyl groups is 1. The third kappa shape index (κ3) is 4.56. The van der Waals surface area contributed by atoms with Gasteiger partial charge in [0.2, 0.25) is 0 Å². The Morgan fingerprint density at radius 2 is 1.92 bits per heavy atom. The molecule has 0 aliphatic rings. The number of hydrogen-bond donors (Lipinski definition) is 4.